The van der Waals surface area contributed by atoms with Crippen LogP contribution >= 0.6 is 0 Å². The summed E-state index contributed by atoms with van der Waals surface area (Å²) in [6.45, 7) is 0.632. The van der Waals surface area contributed by atoms with Crippen molar-refractivity contribution in [3.63, 3.8) is 0 Å². The van der Waals surface area contributed by atoms with Crippen molar-refractivity contribution in [2.75, 3.05) is 0 Å². The van der Waals surface area contributed by atoms with E-state index in [2.05, 4.69) is 5.32 Å². The van der Waals surface area contributed by atoms with Gasteiger partial charge in [-0.25, -0.2) is 4.39 Å². The van der Waals surface area contributed by atoms with Gasteiger partial charge in [0.15, 0.2) is 0 Å². The average molecular weight is 361 g/mol. The van der Waals surface area contributed by atoms with Gasteiger partial charge in [0.05, 0.1) is 0 Å². The number of amides is 1. The number of hydrogen-bond acceptors (Lipinski definition) is 2. The predicted octanol–water partition coefficient (Wildman–Crippen LogP) is 4.73. The third-order valence-electron chi connectivity index (χ3n) is 3.94. The summed E-state index contributed by atoms with van der Waals surface area (Å²) < 4.78 is 19.3. The molecule has 27 heavy (non-hydrogen) atoms. The number of rotatable bonds is 7. The summed E-state index contributed by atoms with van der Waals surface area (Å²) in [4.78, 5) is 11.9. The van der Waals surface area contributed by atoms with Crippen molar-refractivity contribution in [2.45, 2.75) is 13.2 Å². The van der Waals surface area contributed by atoms with E-state index in [0.717, 1.165) is 16.9 Å². The van der Waals surface area contributed by atoms with E-state index < -0.39 is 0 Å². The average Bonchev–Trinajstić information content (AvgIpc) is 2.71. The fourth-order valence-electron chi connectivity index (χ4n) is 2.50. The summed E-state index contributed by atoms with van der Waals surface area (Å²) in [6.07, 6.45) is 3.13. The van der Waals surface area contributed by atoms with E-state index in [4.69, 9.17) is 4.74 Å². The molecule has 0 radical (unpaired) electrons. The first-order valence-corrected chi connectivity index (χ1v) is 8.67. The molecule has 0 aromatic heterocycles. The molecule has 0 heterocycles. The minimum absolute atomic E-state index is 0.149. The monoisotopic (exact) mass is 361 g/mol. The third kappa shape index (κ3) is 5.82. The fourth-order valence-corrected chi connectivity index (χ4v) is 2.50. The SMILES string of the molecule is O=C(/C=C/c1cccc(OCc2ccccc2)c1)NCc1ccccc1F. The Morgan fingerprint density at radius 2 is 1.74 bits per heavy atom. The summed E-state index contributed by atoms with van der Waals surface area (Å²) in [7, 11) is 0. The van der Waals surface area contributed by atoms with Crippen molar-refractivity contribution in [3.8, 4) is 5.75 Å². The van der Waals surface area contributed by atoms with Gasteiger partial charge in [-0.05, 0) is 35.4 Å². The first-order valence-electron chi connectivity index (χ1n) is 8.67. The topological polar surface area (TPSA) is 38.3 Å². The second-order valence-corrected chi connectivity index (χ2v) is 5.99. The van der Waals surface area contributed by atoms with Crippen LogP contribution < -0.4 is 10.1 Å². The van der Waals surface area contributed by atoms with Crippen molar-refractivity contribution < 1.29 is 13.9 Å². The minimum Gasteiger partial charge on any atom is -0.489 e. The second kappa shape index (κ2) is 9.34. The molecular formula is C23H20FNO2. The van der Waals surface area contributed by atoms with Crippen LogP contribution in [0, 0.1) is 5.82 Å². The molecule has 0 spiro atoms. The highest BCUT2D eigenvalue weighted by Crippen LogP contribution is 2.16. The molecule has 3 rings (SSSR count). The molecule has 0 aliphatic heterocycles. The smallest absolute Gasteiger partial charge is 0.244 e. The Morgan fingerprint density at radius 1 is 0.963 bits per heavy atom. The number of carbonyl (C=O) groups excluding carboxylic acids is 1. The Hall–Kier alpha value is -3.40. The predicted molar refractivity (Wildman–Crippen MR) is 104 cm³/mol. The van der Waals surface area contributed by atoms with Crippen LogP contribution in [-0.2, 0) is 17.9 Å². The Bertz CT molecular complexity index is 922. The van der Waals surface area contributed by atoms with Crippen molar-refractivity contribution in [1.29, 1.82) is 0 Å². The molecule has 0 atom stereocenters. The van der Waals surface area contributed by atoms with E-state index in [1.165, 1.54) is 12.1 Å². The largest absolute Gasteiger partial charge is 0.489 e. The van der Waals surface area contributed by atoms with Crippen LogP contribution in [0.2, 0.25) is 0 Å². The Balaban J connectivity index is 1.53. The van der Waals surface area contributed by atoms with Crippen molar-refractivity contribution in [3.05, 3.63) is 107 Å². The lowest BCUT2D eigenvalue weighted by molar-refractivity contribution is -0.116. The third-order valence-corrected chi connectivity index (χ3v) is 3.94. The maximum absolute atomic E-state index is 13.5. The van der Waals surface area contributed by atoms with E-state index in [1.807, 2.05) is 54.6 Å². The quantitative estimate of drug-likeness (QED) is 0.618. The Morgan fingerprint density at radius 3 is 2.56 bits per heavy atom. The standard InChI is InChI=1S/C23H20FNO2/c24-22-12-5-4-10-20(22)16-25-23(26)14-13-18-9-6-11-21(15-18)27-17-19-7-2-1-3-8-19/h1-15H,16-17H2,(H,25,26)/b14-13+. The van der Waals surface area contributed by atoms with Gasteiger partial charge >= 0.3 is 0 Å². The molecule has 0 saturated heterocycles. The molecule has 1 N–H and O–H groups in total. The number of benzene rings is 3. The van der Waals surface area contributed by atoms with E-state index in [0.29, 0.717) is 12.2 Å². The molecule has 4 heteroatoms. The lowest BCUT2D eigenvalue weighted by Gasteiger charge is -2.07. The summed E-state index contributed by atoms with van der Waals surface area (Å²) in [6, 6.07) is 23.8. The van der Waals surface area contributed by atoms with Crippen LogP contribution in [-0.4, -0.2) is 5.91 Å². The molecule has 0 unspecified atom stereocenters. The summed E-state index contributed by atoms with van der Waals surface area (Å²) in [5.74, 6) is 0.117. The zero-order valence-electron chi connectivity index (χ0n) is 14.8. The fraction of sp³-hybridized carbons (Fsp3) is 0.0870. The van der Waals surface area contributed by atoms with Gasteiger partial charge in [0.2, 0.25) is 5.91 Å². The summed E-state index contributed by atoms with van der Waals surface area (Å²) >= 11 is 0. The molecule has 0 fully saturated rings. The second-order valence-electron chi connectivity index (χ2n) is 5.99. The van der Waals surface area contributed by atoms with Crippen LogP contribution in [0.5, 0.6) is 5.75 Å². The van der Waals surface area contributed by atoms with Crippen molar-refractivity contribution >= 4 is 12.0 Å². The molecule has 3 nitrogen and oxygen atoms in total. The lowest BCUT2D eigenvalue weighted by atomic mass is 10.2. The van der Waals surface area contributed by atoms with Gasteiger partial charge in [0.1, 0.15) is 18.2 Å². The van der Waals surface area contributed by atoms with Gasteiger partial charge in [-0.2, -0.15) is 0 Å². The molecule has 0 bridgehead atoms. The van der Waals surface area contributed by atoms with Crippen LogP contribution in [0.15, 0.2) is 84.9 Å². The highest BCUT2D eigenvalue weighted by atomic mass is 19.1. The molecule has 3 aromatic rings. The molecule has 3 aromatic carbocycles. The van der Waals surface area contributed by atoms with Gasteiger partial charge < -0.3 is 10.1 Å². The maximum Gasteiger partial charge on any atom is 0.244 e. The van der Waals surface area contributed by atoms with Crippen LogP contribution in [0.1, 0.15) is 16.7 Å². The van der Waals surface area contributed by atoms with E-state index in [9.17, 15) is 9.18 Å². The highest BCUT2D eigenvalue weighted by Gasteiger charge is 2.02. The number of carbonyl (C=O) groups is 1. The number of halogens is 1. The van der Waals surface area contributed by atoms with Crippen LogP contribution in [0.4, 0.5) is 4.39 Å². The van der Waals surface area contributed by atoms with Crippen LogP contribution in [0.3, 0.4) is 0 Å². The van der Waals surface area contributed by atoms with Gasteiger partial charge in [-0.15, -0.1) is 0 Å². The Kier molecular flexibility index (Phi) is 6.36. The minimum atomic E-state index is -0.329. The zero-order valence-corrected chi connectivity index (χ0v) is 14.8. The first kappa shape index (κ1) is 18.4. The molecule has 0 saturated carbocycles. The van der Waals surface area contributed by atoms with E-state index in [1.54, 1.807) is 24.3 Å². The zero-order chi connectivity index (χ0) is 18.9. The Labute approximate surface area is 158 Å². The number of nitrogens with one attached hydrogen (secondary N) is 1. The summed E-state index contributed by atoms with van der Waals surface area (Å²) in [5.41, 5.74) is 2.39. The maximum atomic E-state index is 13.5. The van der Waals surface area contributed by atoms with Crippen molar-refractivity contribution in [1.82, 2.24) is 5.32 Å². The molecule has 1 amide bonds. The molecule has 0 aliphatic carbocycles. The lowest BCUT2D eigenvalue weighted by Crippen LogP contribution is -2.20. The highest BCUT2D eigenvalue weighted by molar-refractivity contribution is 5.91. The van der Waals surface area contributed by atoms with Gasteiger partial charge in [-0.3, -0.25) is 4.79 Å². The van der Waals surface area contributed by atoms with E-state index >= 15 is 0 Å². The van der Waals surface area contributed by atoms with E-state index in [-0.39, 0.29) is 18.3 Å². The van der Waals surface area contributed by atoms with Crippen LogP contribution in [0.25, 0.3) is 6.08 Å². The van der Waals surface area contributed by atoms with Gasteiger partial charge in [-0.1, -0.05) is 60.7 Å². The van der Waals surface area contributed by atoms with Gasteiger partial charge in [0, 0.05) is 18.2 Å². The molecule has 136 valence electrons. The van der Waals surface area contributed by atoms with Gasteiger partial charge in [0.25, 0.3) is 0 Å². The van der Waals surface area contributed by atoms with Crippen molar-refractivity contribution in [2.24, 2.45) is 0 Å². The normalized spacial score (nSPS) is 10.7. The molecule has 0 aliphatic rings. The molecular weight excluding hydrogens is 341 g/mol. The summed E-state index contributed by atoms with van der Waals surface area (Å²) in [5, 5.41) is 2.67. The number of ether oxygens (including phenoxy) is 1. The number of hydrogen-bond donors (Lipinski definition) is 1. The first-order chi connectivity index (χ1) is 13.2.